The first-order valence-electron chi connectivity index (χ1n) is 5.83. The van der Waals surface area contributed by atoms with Gasteiger partial charge in [0.2, 0.25) is 0 Å². The average Bonchev–Trinajstić information content (AvgIpc) is 2.83. The second-order valence-corrected chi connectivity index (χ2v) is 4.43. The normalized spacial score (nSPS) is 10.4. The summed E-state index contributed by atoms with van der Waals surface area (Å²) in [4.78, 5) is 11.5. The fourth-order valence-electron chi connectivity index (χ4n) is 1.66. The van der Waals surface area contributed by atoms with E-state index in [-0.39, 0.29) is 5.97 Å². The zero-order chi connectivity index (χ0) is 13.8. The molecule has 0 spiro atoms. The molecule has 19 heavy (non-hydrogen) atoms. The van der Waals surface area contributed by atoms with Gasteiger partial charge in [-0.1, -0.05) is 11.6 Å². The Kier molecular flexibility index (Phi) is 4.06. The number of halogens is 1. The lowest BCUT2D eigenvalue weighted by Crippen LogP contribution is -2.05. The van der Waals surface area contributed by atoms with E-state index in [4.69, 9.17) is 22.1 Å². The Morgan fingerprint density at radius 2 is 2.32 bits per heavy atom. The van der Waals surface area contributed by atoms with E-state index < -0.39 is 0 Å². The molecule has 5 nitrogen and oxygen atoms in total. The lowest BCUT2D eigenvalue weighted by atomic mass is 10.2. The Morgan fingerprint density at radius 3 is 3.05 bits per heavy atom. The van der Waals surface area contributed by atoms with Crippen LogP contribution in [0.1, 0.15) is 22.8 Å². The van der Waals surface area contributed by atoms with Crippen molar-refractivity contribution in [2.24, 2.45) is 0 Å². The number of benzene rings is 1. The Balaban J connectivity index is 2.15. The Labute approximate surface area is 115 Å². The molecule has 0 radical (unpaired) electrons. The van der Waals surface area contributed by atoms with E-state index in [2.05, 4.69) is 5.10 Å². The molecule has 0 fully saturated rings. The van der Waals surface area contributed by atoms with Crippen molar-refractivity contribution >= 4 is 23.3 Å². The highest BCUT2D eigenvalue weighted by Gasteiger charge is 2.10. The summed E-state index contributed by atoms with van der Waals surface area (Å²) in [7, 11) is 0. The molecular weight excluding hydrogens is 266 g/mol. The Hall–Kier alpha value is -2.01. The van der Waals surface area contributed by atoms with Crippen LogP contribution >= 0.6 is 11.6 Å². The number of esters is 1. The summed E-state index contributed by atoms with van der Waals surface area (Å²) < 4.78 is 6.52. The third-order valence-corrected chi connectivity index (χ3v) is 2.82. The number of ether oxygens (including phenoxy) is 1. The number of anilines is 1. The van der Waals surface area contributed by atoms with E-state index in [9.17, 15) is 4.79 Å². The van der Waals surface area contributed by atoms with Crippen molar-refractivity contribution in [3.63, 3.8) is 0 Å². The highest BCUT2D eigenvalue weighted by atomic mass is 35.5. The smallest absolute Gasteiger partial charge is 0.341 e. The Morgan fingerprint density at radius 1 is 1.53 bits per heavy atom. The summed E-state index contributed by atoms with van der Waals surface area (Å²) in [6, 6.07) is 5.25. The fourth-order valence-corrected chi connectivity index (χ4v) is 1.85. The van der Waals surface area contributed by atoms with E-state index in [1.807, 2.05) is 0 Å². The molecule has 1 aromatic heterocycles. The van der Waals surface area contributed by atoms with Crippen LogP contribution < -0.4 is 5.73 Å². The van der Waals surface area contributed by atoms with Gasteiger partial charge in [-0.25, -0.2) is 4.79 Å². The molecule has 0 atom stereocenters. The minimum Gasteiger partial charge on any atom is -0.462 e. The number of aromatic nitrogens is 2. The maximum atomic E-state index is 11.5. The maximum Gasteiger partial charge on any atom is 0.341 e. The average molecular weight is 280 g/mol. The summed E-state index contributed by atoms with van der Waals surface area (Å²) in [5.74, 6) is -0.382. The summed E-state index contributed by atoms with van der Waals surface area (Å²) >= 11 is 5.92. The molecule has 0 aliphatic rings. The molecule has 2 N–H and O–H groups in total. The molecular formula is C13H14ClN3O2. The number of nitrogens with zero attached hydrogens (tertiary/aromatic N) is 2. The molecule has 0 bridgehead atoms. The fraction of sp³-hybridized carbons (Fsp3) is 0.231. The van der Waals surface area contributed by atoms with E-state index >= 15 is 0 Å². The molecule has 1 heterocycles. The van der Waals surface area contributed by atoms with Crippen molar-refractivity contribution in [3.8, 4) is 0 Å². The van der Waals surface area contributed by atoms with Crippen LogP contribution in [0.25, 0.3) is 0 Å². The monoisotopic (exact) mass is 279 g/mol. The van der Waals surface area contributed by atoms with Gasteiger partial charge in [-0.05, 0) is 30.7 Å². The van der Waals surface area contributed by atoms with Crippen LogP contribution in [-0.2, 0) is 11.3 Å². The number of rotatable bonds is 4. The molecule has 0 aliphatic heterocycles. The molecule has 2 aromatic rings. The van der Waals surface area contributed by atoms with Crippen LogP contribution in [0, 0.1) is 0 Å². The molecule has 6 heteroatoms. The molecule has 0 saturated heterocycles. The highest BCUT2D eigenvalue weighted by Crippen LogP contribution is 2.18. The predicted octanol–water partition coefficient (Wildman–Crippen LogP) is 2.34. The van der Waals surface area contributed by atoms with Crippen LogP contribution in [0.4, 0.5) is 5.69 Å². The van der Waals surface area contributed by atoms with Crippen molar-refractivity contribution < 1.29 is 9.53 Å². The number of nitrogens with two attached hydrogens (primary N) is 1. The number of hydrogen-bond donors (Lipinski definition) is 1. The van der Waals surface area contributed by atoms with Crippen molar-refractivity contribution in [3.05, 3.63) is 46.7 Å². The highest BCUT2D eigenvalue weighted by molar-refractivity contribution is 6.30. The molecule has 1 aromatic carbocycles. The number of hydrogen-bond acceptors (Lipinski definition) is 4. The first-order valence-corrected chi connectivity index (χ1v) is 6.21. The van der Waals surface area contributed by atoms with Gasteiger partial charge in [-0.15, -0.1) is 0 Å². The summed E-state index contributed by atoms with van der Waals surface area (Å²) in [5, 5.41) is 4.72. The Bertz CT molecular complexity index is 595. The van der Waals surface area contributed by atoms with E-state index in [0.29, 0.717) is 29.4 Å². The van der Waals surface area contributed by atoms with Gasteiger partial charge in [-0.3, -0.25) is 4.68 Å². The third kappa shape index (κ3) is 3.26. The summed E-state index contributed by atoms with van der Waals surface area (Å²) in [5.41, 5.74) is 7.77. The largest absolute Gasteiger partial charge is 0.462 e. The van der Waals surface area contributed by atoms with E-state index in [1.165, 1.54) is 6.20 Å². The van der Waals surface area contributed by atoms with Crippen molar-refractivity contribution in [1.29, 1.82) is 0 Å². The quantitative estimate of drug-likeness (QED) is 0.689. The van der Waals surface area contributed by atoms with Gasteiger partial charge in [0.25, 0.3) is 0 Å². The van der Waals surface area contributed by atoms with Gasteiger partial charge in [0.1, 0.15) is 0 Å². The minimum absolute atomic E-state index is 0.339. The summed E-state index contributed by atoms with van der Waals surface area (Å²) in [6.07, 6.45) is 3.09. The first-order chi connectivity index (χ1) is 9.10. The molecule has 0 aliphatic carbocycles. The van der Waals surface area contributed by atoms with Crippen molar-refractivity contribution in [2.45, 2.75) is 13.5 Å². The predicted molar refractivity (Wildman–Crippen MR) is 73.1 cm³/mol. The lowest BCUT2D eigenvalue weighted by molar-refractivity contribution is 0.0526. The number of nitrogen functional groups attached to an aromatic ring is 1. The molecule has 0 amide bonds. The van der Waals surface area contributed by atoms with Crippen LogP contribution in [0.2, 0.25) is 5.02 Å². The molecule has 0 saturated carbocycles. The van der Waals surface area contributed by atoms with Crippen molar-refractivity contribution in [2.75, 3.05) is 12.3 Å². The van der Waals surface area contributed by atoms with Crippen LogP contribution in [0.3, 0.4) is 0 Å². The van der Waals surface area contributed by atoms with Gasteiger partial charge < -0.3 is 10.5 Å². The molecule has 100 valence electrons. The standard InChI is InChI=1S/C13H14ClN3O2/c1-2-19-13(18)10-6-16-17(8-10)7-9-5-11(14)3-4-12(9)15/h3-6,8H,2,7,15H2,1H3. The van der Waals surface area contributed by atoms with Gasteiger partial charge in [0, 0.05) is 16.9 Å². The molecule has 0 unspecified atom stereocenters. The SMILES string of the molecule is CCOC(=O)c1cnn(Cc2cc(Cl)ccc2N)c1. The lowest BCUT2D eigenvalue weighted by Gasteiger charge is -2.06. The zero-order valence-electron chi connectivity index (χ0n) is 10.5. The summed E-state index contributed by atoms with van der Waals surface area (Å²) in [6.45, 7) is 2.55. The van der Waals surface area contributed by atoms with Gasteiger partial charge in [0.05, 0.1) is 24.9 Å². The first kappa shape index (κ1) is 13.4. The second kappa shape index (κ2) is 5.75. The number of carbonyl (C=O) groups is 1. The van der Waals surface area contributed by atoms with Crippen molar-refractivity contribution in [1.82, 2.24) is 9.78 Å². The van der Waals surface area contributed by atoms with Crippen LogP contribution in [0.5, 0.6) is 0 Å². The van der Waals surface area contributed by atoms with Gasteiger partial charge in [0.15, 0.2) is 0 Å². The van der Waals surface area contributed by atoms with Gasteiger partial charge >= 0.3 is 5.97 Å². The van der Waals surface area contributed by atoms with Crippen LogP contribution in [0.15, 0.2) is 30.6 Å². The van der Waals surface area contributed by atoms with E-state index in [1.54, 1.807) is 36.0 Å². The minimum atomic E-state index is -0.382. The zero-order valence-corrected chi connectivity index (χ0v) is 11.2. The molecule has 2 rings (SSSR count). The van der Waals surface area contributed by atoms with Crippen LogP contribution in [-0.4, -0.2) is 22.4 Å². The maximum absolute atomic E-state index is 11.5. The van der Waals surface area contributed by atoms with E-state index in [0.717, 1.165) is 5.56 Å². The third-order valence-electron chi connectivity index (χ3n) is 2.58. The second-order valence-electron chi connectivity index (χ2n) is 3.99. The topological polar surface area (TPSA) is 70.1 Å². The van der Waals surface area contributed by atoms with Gasteiger partial charge in [-0.2, -0.15) is 5.10 Å². The number of carbonyl (C=O) groups excluding carboxylic acids is 1.